The number of urea groups is 1. The molecule has 1 aliphatic heterocycles. The van der Waals surface area contributed by atoms with E-state index in [4.69, 9.17) is 0 Å². The van der Waals surface area contributed by atoms with Gasteiger partial charge < -0.3 is 15.5 Å². The van der Waals surface area contributed by atoms with Gasteiger partial charge in [0.15, 0.2) is 5.82 Å². The smallest absolute Gasteiger partial charge is 0.315 e. The zero-order valence-corrected chi connectivity index (χ0v) is 14.3. The van der Waals surface area contributed by atoms with E-state index in [1.807, 2.05) is 0 Å². The lowest BCUT2D eigenvalue weighted by atomic mass is 9.95. The number of nitrogens with zero attached hydrogens (tertiary/aromatic N) is 3. The summed E-state index contributed by atoms with van der Waals surface area (Å²) in [5.74, 6) is 1.51. The fraction of sp³-hybridized carbons (Fsp3) is 0.722. The molecule has 24 heavy (non-hydrogen) atoms. The number of aromatic nitrogens is 2. The molecule has 2 aliphatic carbocycles. The highest BCUT2D eigenvalue weighted by atomic mass is 16.2. The molecule has 2 N–H and O–H groups in total. The van der Waals surface area contributed by atoms with Crippen LogP contribution in [0, 0.1) is 5.92 Å². The molecule has 2 amide bonds. The van der Waals surface area contributed by atoms with E-state index in [0.717, 1.165) is 51.1 Å². The number of carbonyl (C=O) groups excluding carboxylic acids is 1. The van der Waals surface area contributed by atoms with Gasteiger partial charge in [-0.2, -0.15) is 5.10 Å². The largest absolute Gasteiger partial charge is 0.354 e. The summed E-state index contributed by atoms with van der Waals surface area (Å²) in [7, 11) is 0. The Morgan fingerprint density at radius 1 is 1.12 bits per heavy atom. The second kappa shape index (κ2) is 6.95. The van der Waals surface area contributed by atoms with Crippen molar-refractivity contribution in [2.24, 2.45) is 5.92 Å². The van der Waals surface area contributed by atoms with Gasteiger partial charge in [0.25, 0.3) is 0 Å². The van der Waals surface area contributed by atoms with Gasteiger partial charge >= 0.3 is 6.03 Å². The minimum atomic E-state index is -0.00563. The second-order valence-electron chi connectivity index (χ2n) is 7.49. The average Bonchev–Trinajstić information content (AvgIpc) is 3.06. The molecule has 0 unspecified atom stereocenters. The lowest BCUT2D eigenvalue weighted by Gasteiger charge is -2.40. The fourth-order valence-corrected chi connectivity index (χ4v) is 4.06. The Morgan fingerprint density at radius 2 is 1.92 bits per heavy atom. The molecular formula is C18H27N5O. The lowest BCUT2D eigenvalue weighted by molar-refractivity contribution is 0.233. The van der Waals surface area contributed by atoms with Crippen LogP contribution < -0.4 is 15.5 Å². The third-order valence-electron chi connectivity index (χ3n) is 5.58. The molecule has 130 valence electrons. The van der Waals surface area contributed by atoms with Crippen LogP contribution in [0.2, 0.25) is 0 Å². The van der Waals surface area contributed by atoms with E-state index in [9.17, 15) is 4.79 Å². The summed E-state index contributed by atoms with van der Waals surface area (Å²) < 4.78 is 0. The van der Waals surface area contributed by atoms with Crippen LogP contribution in [-0.4, -0.2) is 41.9 Å². The Kier molecular flexibility index (Phi) is 4.54. The first-order valence-corrected chi connectivity index (χ1v) is 9.43. The third-order valence-corrected chi connectivity index (χ3v) is 5.58. The molecule has 4 rings (SSSR count). The van der Waals surface area contributed by atoms with Crippen LogP contribution in [0.15, 0.2) is 6.07 Å². The van der Waals surface area contributed by atoms with Gasteiger partial charge in [-0.1, -0.05) is 12.8 Å². The molecule has 3 aliphatic rings. The highest BCUT2D eigenvalue weighted by molar-refractivity contribution is 5.74. The van der Waals surface area contributed by atoms with Gasteiger partial charge in [0.05, 0.1) is 5.69 Å². The van der Waals surface area contributed by atoms with Crippen molar-refractivity contribution in [3.05, 3.63) is 17.3 Å². The Bertz CT molecular complexity index is 593. The second-order valence-corrected chi connectivity index (χ2v) is 7.49. The summed E-state index contributed by atoms with van der Waals surface area (Å²) >= 11 is 0. The number of carbonyl (C=O) groups is 1. The molecule has 2 heterocycles. The van der Waals surface area contributed by atoms with Gasteiger partial charge in [-0.3, -0.25) is 0 Å². The molecule has 0 atom stereocenters. The molecular weight excluding hydrogens is 302 g/mol. The number of fused-ring (bicyclic) bond motifs is 1. The first kappa shape index (κ1) is 15.7. The maximum absolute atomic E-state index is 11.9. The van der Waals surface area contributed by atoms with Crippen molar-refractivity contribution in [1.29, 1.82) is 0 Å². The molecule has 0 aromatic carbocycles. The molecule has 2 fully saturated rings. The van der Waals surface area contributed by atoms with Crippen LogP contribution >= 0.6 is 0 Å². The molecule has 6 nitrogen and oxygen atoms in total. The van der Waals surface area contributed by atoms with E-state index in [2.05, 4.69) is 31.8 Å². The molecule has 0 spiro atoms. The minimum Gasteiger partial charge on any atom is -0.354 e. The summed E-state index contributed by atoms with van der Waals surface area (Å²) in [6, 6.07) is 2.60. The van der Waals surface area contributed by atoms with Crippen LogP contribution in [0.3, 0.4) is 0 Å². The van der Waals surface area contributed by atoms with Crippen LogP contribution in [0.1, 0.15) is 49.8 Å². The Hall–Kier alpha value is -1.85. The summed E-state index contributed by atoms with van der Waals surface area (Å²) in [4.78, 5) is 14.2. The van der Waals surface area contributed by atoms with Crippen LogP contribution in [0.25, 0.3) is 0 Å². The number of aryl methyl sites for hydroxylation is 2. The Labute approximate surface area is 143 Å². The van der Waals surface area contributed by atoms with Gasteiger partial charge in [0.2, 0.25) is 0 Å². The monoisotopic (exact) mass is 329 g/mol. The lowest BCUT2D eigenvalue weighted by Crippen LogP contribution is -2.53. The molecule has 1 aromatic heterocycles. The zero-order chi connectivity index (χ0) is 16.4. The van der Waals surface area contributed by atoms with E-state index in [1.165, 1.54) is 36.9 Å². The summed E-state index contributed by atoms with van der Waals surface area (Å²) in [5.41, 5.74) is 2.57. The van der Waals surface area contributed by atoms with Crippen molar-refractivity contribution in [2.45, 2.75) is 57.4 Å². The molecule has 6 heteroatoms. The predicted octanol–water partition coefficient (Wildman–Crippen LogP) is 2.03. The van der Waals surface area contributed by atoms with E-state index < -0.39 is 0 Å². The third kappa shape index (κ3) is 3.47. The first-order chi connectivity index (χ1) is 11.8. The van der Waals surface area contributed by atoms with Gasteiger partial charge in [-0.25, -0.2) is 4.79 Å². The zero-order valence-electron chi connectivity index (χ0n) is 14.3. The minimum absolute atomic E-state index is 0.00563. The van der Waals surface area contributed by atoms with Crippen molar-refractivity contribution in [2.75, 3.05) is 24.5 Å². The summed E-state index contributed by atoms with van der Waals surface area (Å²) in [5, 5.41) is 14.9. The summed E-state index contributed by atoms with van der Waals surface area (Å²) in [6.07, 6.45) is 9.45. The normalized spacial score (nSPS) is 21.2. The van der Waals surface area contributed by atoms with Crippen molar-refractivity contribution in [1.82, 2.24) is 20.8 Å². The number of amides is 2. The maximum atomic E-state index is 11.9. The Balaban J connectivity index is 1.21. The quantitative estimate of drug-likeness (QED) is 0.887. The number of nitrogens with one attached hydrogen (secondary N) is 2. The van der Waals surface area contributed by atoms with E-state index in [1.54, 1.807) is 0 Å². The molecule has 1 aromatic rings. The topological polar surface area (TPSA) is 70.2 Å². The molecule has 1 saturated heterocycles. The highest BCUT2D eigenvalue weighted by Gasteiger charge is 2.29. The van der Waals surface area contributed by atoms with Crippen molar-refractivity contribution in [3.63, 3.8) is 0 Å². The van der Waals surface area contributed by atoms with Crippen molar-refractivity contribution >= 4 is 11.8 Å². The maximum Gasteiger partial charge on any atom is 0.315 e. The van der Waals surface area contributed by atoms with Crippen molar-refractivity contribution < 1.29 is 4.79 Å². The number of rotatable bonds is 4. The van der Waals surface area contributed by atoms with E-state index in [0.29, 0.717) is 12.0 Å². The van der Waals surface area contributed by atoms with Gasteiger partial charge in [-0.15, -0.1) is 5.10 Å². The van der Waals surface area contributed by atoms with Crippen LogP contribution in [-0.2, 0) is 12.8 Å². The van der Waals surface area contributed by atoms with Gasteiger partial charge in [-0.05, 0) is 50.2 Å². The number of anilines is 1. The molecule has 1 saturated carbocycles. The first-order valence-electron chi connectivity index (χ1n) is 9.43. The van der Waals surface area contributed by atoms with E-state index in [-0.39, 0.29) is 6.03 Å². The van der Waals surface area contributed by atoms with Crippen LogP contribution in [0.4, 0.5) is 10.6 Å². The van der Waals surface area contributed by atoms with E-state index >= 15 is 0 Å². The SMILES string of the molecule is O=C(NCC1CN(c2cc3c(nn2)CCCC3)C1)NC1CCCC1. The number of hydrogen-bond acceptors (Lipinski definition) is 4. The Morgan fingerprint density at radius 3 is 2.75 bits per heavy atom. The number of hydrogen-bond donors (Lipinski definition) is 2. The highest BCUT2D eigenvalue weighted by Crippen LogP contribution is 2.26. The average molecular weight is 329 g/mol. The fourth-order valence-electron chi connectivity index (χ4n) is 4.06. The summed E-state index contributed by atoms with van der Waals surface area (Å²) in [6.45, 7) is 2.65. The molecule has 0 bridgehead atoms. The predicted molar refractivity (Wildman–Crippen MR) is 93.2 cm³/mol. The van der Waals surface area contributed by atoms with Gasteiger partial charge in [0, 0.05) is 31.6 Å². The van der Waals surface area contributed by atoms with Crippen LogP contribution in [0.5, 0.6) is 0 Å². The van der Waals surface area contributed by atoms with Crippen molar-refractivity contribution in [3.8, 4) is 0 Å². The standard InChI is InChI=1S/C18H27N5O/c24-18(20-15-6-2-3-7-15)19-10-13-11-23(12-13)17-9-14-5-1-4-8-16(14)21-22-17/h9,13,15H,1-8,10-12H2,(H2,19,20,24). The molecule has 0 radical (unpaired) electrons. The van der Waals surface area contributed by atoms with Gasteiger partial charge in [0.1, 0.15) is 0 Å².